The van der Waals surface area contributed by atoms with E-state index in [0.717, 1.165) is 44.6 Å². The molecule has 2 aliphatic rings. The SMILES string of the molecule is Cc1ccc2c(c1)CNCC21CCN(C(=O)OCc2ccccc2)CC1. The lowest BCUT2D eigenvalue weighted by molar-refractivity contribution is 0.0759. The van der Waals surface area contributed by atoms with Crippen molar-refractivity contribution in [1.82, 2.24) is 10.2 Å². The van der Waals surface area contributed by atoms with Gasteiger partial charge in [-0.15, -0.1) is 0 Å². The summed E-state index contributed by atoms with van der Waals surface area (Å²) in [6, 6.07) is 16.7. The Hall–Kier alpha value is -2.33. The molecule has 4 heteroatoms. The first-order valence-corrected chi connectivity index (χ1v) is 9.43. The number of carbonyl (C=O) groups excluding carboxylic acids is 1. The summed E-state index contributed by atoms with van der Waals surface area (Å²) in [5, 5.41) is 3.58. The Morgan fingerprint density at radius 3 is 2.69 bits per heavy atom. The average molecular weight is 350 g/mol. The molecule has 0 aromatic heterocycles. The van der Waals surface area contributed by atoms with Crippen LogP contribution in [0, 0.1) is 6.92 Å². The van der Waals surface area contributed by atoms with E-state index in [2.05, 4.69) is 30.4 Å². The van der Waals surface area contributed by atoms with Gasteiger partial charge in [0.05, 0.1) is 0 Å². The van der Waals surface area contributed by atoms with Crippen molar-refractivity contribution < 1.29 is 9.53 Å². The van der Waals surface area contributed by atoms with Crippen LogP contribution in [0.4, 0.5) is 4.79 Å². The van der Waals surface area contributed by atoms with Crippen molar-refractivity contribution >= 4 is 6.09 Å². The van der Waals surface area contributed by atoms with Crippen LogP contribution in [0.5, 0.6) is 0 Å². The number of benzene rings is 2. The van der Waals surface area contributed by atoms with E-state index in [1.807, 2.05) is 35.2 Å². The molecule has 136 valence electrons. The normalized spacial score (nSPS) is 18.4. The number of nitrogens with one attached hydrogen (secondary N) is 1. The Bertz CT molecular complexity index is 780. The van der Waals surface area contributed by atoms with E-state index in [1.165, 1.54) is 16.7 Å². The van der Waals surface area contributed by atoms with Crippen LogP contribution >= 0.6 is 0 Å². The number of ether oxygens (including phenoxy) is 1. The van der Waals surface area contributed by atoms with Crippen LogP contribution in [-0.4, -0.2) is 30.6 Å². The summed E-state index contributed by atoms with van der Waals surface area (Å²) < 4.78 is 5.50. The molecule has 2 aromatic carbocycles. The molecule has 0 bridgehead atoms. The van der Waals surface area contributed by atoms with Crippen LogP contribution in [0.15, 0.2) is 48.5 Å². The standard InChI is InChI=1S/C22H26N2O2/c1-17-7-8-20-19(13-17)14-23-16-22(20)9-11-24(12-10-22)21(25)26-15-18-5-3-2-4-6-18/h2-8,13,23H,9-12,14-16H2,1H3. The molecule has 1 spiro atoms. The molecular weight excluding hydrogens is 324 g/mol. The van der Waals surface area contributed by atoms with Gasteiger partial charge in [-0.3, -0.25) is 0 Å². The Balaban J connectivity index is 1.39. The Morgan fingerprint density at radius 1 is 1.15 bits per heavy atom. The van der Waals surface area contributed by atoms with Crippen molar-refractivity contribution in [3.05, 3.63) is 70.8 Å². The average Bonchev–Trinajstić information content (AvgIpc) is 2.67. The fraction of sp³-hybridized carbons (Fsp3) is 0.409. The van der Waals surface area contributed by atoms with Crippen molar-refractivity contribution in [2.45, 2.75) is 38.3 Å². The van der Waals surface area contributed by atoms with Crippen molar-refractivity contribution in [1.29, 1.82) is 0 Å². The van der Waals surface area contributed by atoms with E-state index in [0.29, 0.717) is 6.61 Å². The molecule has 1 saturated heterocycles. The molecule has 1 N–H and O–H groups in total. The summed E-state index contributed by atoms with van der Waals surface area (Å²) in [4.78, 5) is 14.3. The minimum atomic E-state index is -0.198. The number of hydrogen-bond acceptors (Lipinski definition) is 3. The van der Waals surface area contributed by atoms with Gasteiger partial charge in [0.1, 0.15) is 6.61 Å². The first-order chi connectivity index (χ1) is 12.7. The second-order valence-electron chi connectivity index (χ2n) is 7.57. The van der Waals surface area contributed by atoms with Crippen LogP contribution in [0.3, 0.4) is 0 Å². The maximum absolute atomic E-state index is 12.4. The summed E-state index contributed by atoms with van der Waals surface area (Å²) in [5.74, 6) is 0. The Morgan fingerprint density at radius 2 is 1.92 bits per heavy atom. The maximum atomic E-state index is 12.4. The summed E-state index contributed by atoms with van der Waals surface area (Å²) in [6.07, 6.45) is 1.77. The van der Waals surface area contributed by atoms with Crippen LogP contribution in [0.1, 0.15) is 35.1 Å². The molecule has 1 amide bonds. The maximum Gasteiger partial charge on any atom is 0.410 e. The smallest absolute Gasteiger partial charge is 0.410 e. The second kappa shape index (κ2) is 7.12. The molecule has 2 heterocycles. The fourth-order valence-electron chi connectivity index (χ4n) is 4.29. The van der Waals surface area contributed by atoms with E-state index in [-0.39, 0.29) is 11.5 Å². The number of rotatable bonds is 2. The molecule has 0 unspecified atom stereocenters. The molecule has 0 saturated carbocycles. The van der Waals surface area contributed by atoms with Gasteiger partial charge in [0.15, 0.2) is 0 Å². The number of amides is 1. The number of piperidine rings is 1. The number of nitrogens with zero attached hydrogens (tertiary/aromatic N) is 1. The fourth-order valence-corrected chi connectivity index (χ4v) is 4.29. The third-order valence-electron chi connectivity index (χ3n) is 5.79. The second-order valence-corrected chi connectivity index (χ2v) is 7.57. The lowest BCUT2D eigenvalue weighted by atomic mass is 9.69. The van der Waals surface area contributed by atoms with Gasteiger partial charge in [0, 0.05) is 31.6 Å². The first-order valence-electron chi connectivity index (χ1n) is 9.43. The van der Waals surface area contributed by atoms with Gasteiger partial charge < -0.3 is 15.0 Å². The number of fused-ring (bicyclic) bond motifs is 2. The third-order valence-corrected chi connectivity index (χ3v) is 5.79. The van der Waals surface area contributed by atoms with E-state index in [4.69, 9.17) is 4.74 Å². The number of carbonyl (C=O) groups is 1. The van der Waals surface area contributed by atoms with E-state index in [9.17, 15) is 4.79 Å². The first kappa shape index (κ1) is 17.1. The van der Waals surface area contributed by atoms with Crippen LogP contribution in [-0.2, 0) is 23.3 Å². The molecule has 4 rings (SSSR count). The van der Waals surface area contributed by atoms with Crippen LogP contribution < -0.4 is 5.32 Å². The number of hydrogen-bond donors (Lipinski definition) is 1. The molecule has 0 aliphatic carbocycles. The largest absolute Gasteiger partial charge is 0.445 e. The molecule has 2 aliphatic heterocycles. The molecule has 26 heavy (non-hydrogen) atoms. The van der Waals surface area contributed by atoms with Gasteiger partial charge in [-0.2, -0.15) is 0 Å². The highest BCUT2D eigenvalue weighted by Crippen LogP contribution is 2.39. The quantitative estimate of drug-likeness (QED) is 0.896. The van der Waals surface area contributed by atoms with Crippen molar-refractivity contribution in [2.24, 2.45) is 0 Å². The Labute approximate surface area is 155 Å². The molecule has 4 nitrogen and oxygen atoms in total. The van der Waals surface area contributed by atoms with Crippen LogP contribution in [0.2, 0.25) is 0 Å². The summed E-state index contributed by atoms with van der Waals surface area (Å²) in [7, 11) is 0. The van der Waals surface area contributed by atoms with Gasteiger partial charge in [-0.05, 0) is 36.5 Å². The van der Waals surface area contributed by atoms with E-state index < -0.39 is 0 Å². The van der Waals surface area contributed by atoms with E-state index in [1.54, 1.807) is 0 Å². The Kier molecular flexibility index (Phi) is 4.68. The van der Waals surface area contributed by atoms with Crippen molar-refractivity contribution in [3.8, 4) is 0 Å². The predicted molar refractivity (Wildman–Crippen MR) is 102 cm³/mol. The van der Waals surface area contributed by atoms with Gasteiger partial charge in [-0.1, -0.05) is 54.1 Å². The lowest BCUT2D eigenvalue weighted by Gasteiger charge is -2.45. The van der Waals surface area contributed by atoms with Crippen molar-refractivity contribution in [3.63, 3.8) is 0 Å². The third kappa shape index (κ3) is 3.34. The summed E-state index contributed by atoms with van der Waals surface area (Å²) >= 11 is 0. The molecule has 0 atom stereocenters. The van der Waals surface area contributed by atoms with Gasteiger partial charge in [-0.25, -0.2) is 4.79 Å². The highest BCUT2D eigenvalue weighted by molar-refractivity contribution is 5.68. The van der Waals surface area contributed by atoms with Crippen LogP contribution in [0.25, 0.3) is 0 Å². The van der Waals surface area contributed by atoms with Gasteiger partial charge in [0.25, 0.3) is 0 Å². The monoisotopic (exact) mass is 350 g/mol. The predicted octanol–water partition coefficient (Wildman–Crippen LogP) is 3.77. The molecular formula is C22H26N2O2. The zero-order valence-electron chi connectivity index (χ0n) is 15.3. The summed E-state index contributed by atoms with van der Waals surface area (Å²) in [6.45, 7) is 5.93. The molecule has 0 radical (unpaired) electrons. The highest BCUT2D eigenvalue weighted by Gasteiger charge is 2.40. The topological polar surface area (TPSA) is 41.6 Å². The van der Waals surface area contributed by atoms with Gasteiger partial charge >= 0.3 is 6.09 Å². The zero-order chi connectivity index (χ0) is 18.0. The van der Waals surface area contributed by atoms with Crippen molar-refractivity contribution in [2.75, 3.05) is 19.6 Å². The summed E-state index contributed by atoms with van der Waals surface area (Å²) in [5.41, 5.74) is 5.37. The number of likely N-dealkylation sites (tertiary alicyclic amines) is 1. The zero-order valence-corrected chi connectivity index (χ0v) is 15.3. The van der Waals surface area contributed by atoms with Gasteiger partial charge in [0.2, 0.25) is 0 Å². The highest BCUT2D eigenvalue weighted by atomic mass is 16.6. The molecule has 2 aromatic rings. The molecule has 1 fully saturated rings. The number of aryl methyl sites for hydroxylation is 1. The van der Waals surface area contributed by atoms with E-state index >= 15 is 0 Å². The minimum absolute atomic E-state index is 0.150. The minimum Gasteiger partial charge on any atom is -0.445 e. The lowest BCUT2D eigenvalue weighted by Crippen LogP contribution is -2.51.